The van der Waals surface area contributed by atoms with Crippen LogP contribution in [-0.4, -0.2) is 37.6 Å². The van der Waals surface area contributed by atoms with E-state index in [1.807, 2.05) is 6.92 Å². The van der Waals surface area contributed by atoms with Gasteiger partial charge in [0.05, 0.1) is 17.4 Å². The van der Waals surface area contributed by atoms with Crippen molar-refractivity contribution in [2.45, 2.75) is 13.5 Å². The molecule has 4 heterocycles. The zero-order chi connectivity index (χ0) is 23.1. The lowest BCUT2D eigenvalue weighted by Gasteiger charge is -2.04. The number of rotatable bonds is 6. The minimum absolute atomic E-state index is 0.00382. The number of hydrogen-bond donors (Lipinski definition) is 0. The summed E-state index contributed by atoms with van der Waals surface area (Å²) in [4.78, 5) is 32.7. The number of methoxy groups -OCH3 is 1. The number of nitro groups is 1. The maximum Gasteiger partial charge on any atom is 0.348 e. The highest BCUT2D eigenvalue weighted by atomic mass is 32.1. The molecule has 0 amide bonds. The van der Waals surface area contributed by atoms with Crippen LogP contribution in [0.15, 0.2) is 47.1 Å². The molecule has 0 saturated carbocycles. The largest absolute Gasteiger partial charge is 0.479 e. The Kier molecular flexibility index (Phi) is 4.98. The fourth-order valence-corrected chi connectivity index (χ4v) is 4.44. The van der Waals surface area contributed by atoms with Gasteiger partial charge in [-0.15, -0.1) is 16.4 Å². The summed E-state index contributed by atoms with van der Waals surface area (Å²) >= 11 is 1.23. The van der Waals surface area contributed by atoms with Gasteiger partial charge >= 0.3 is 11.7 Å². The number of benzene rings is 1. The molecule has 1 aromatic carbocycles. The molecule has 0 aliphatic carbocycles. The van der Waals surface area contributed by atoms with Crippen LogP contribution in [0.25, 0.3) is 27.4 Å². The summed E-state index contributed by atoms with van der Waals surface area (Å²) in [6.07, 6.45) is 1.52. The van der Waals surface area contributed by atoms with Crippen molar-refractivity contribution in [1.82, 2.24) is 19.6 Å². The molecule has 0 aliphatic heterocycles. The summed E-state index contributed by atoms with van der Waals surface area (Å²) < 4.78 is 17.7. The fourth-order valence-electron chi connectivity index (χ4n) is 3.38. The molecular formula is C21H15N5O6S. The van der Waals surface area contributed by atoms with Crippen molar-refractivity contribution < 1.29 is 23.6 Å². The second-order valence-electron chi connectivity index (χ2n) is 6.96. The van der Waals surface area contributed by atoms with E-state index in [-0.39, 0.29) is 18.0 Å². The van der Waals surface area contributed by atoms with E-state index < -0.39 is 10.9 Å². The Morgan fingerprint density at radius 1 is 1.27 bits per heavy atom. The quantitative estimate of drug-likeness (QED) is 0.205. The standard InChI is InChI=1S/C21H15N5O6S/c1-11-16-19-23-18(24-25(19)10-22-20(16)33-17(11)21(27)30-2)15-8-7-12(32-15)9-31-14-6-4-3-5-13(14)26(28)29/h3-8,10H,9H2,1-2H3. The molecule has 33 heavy (non-hydrogen) atoms. The number of carbonyl (C=O) groups is 1. The van der Waals surface area contributed by atoms with E-state index in [2.05, 4.69) is 15.1 Å². The lowest BCUT2D eigenvalue weighted by Crippen LogP contribution is -1.99. The van der Waals surface area contributed by atoms with Crippen LogP contribution in [0.5, 0.6) is 5.75 Å². The van der Waals surface area contributed by atoms with Crippen molar-refractivity contribution in [2.24, 2.45) is 0 Å². The van der Waals surface area contributed by atoms with Gasteiger partial charge < -0.3 is 13.9 Å². The number of furan rings is 1. The second kappa shape index (κ2) is 7.98. The number of fused-ring (bicyclic) bond motifs is 3. The first-order chi connectivity index (χ1) is 16.0. The van der Waals surface area contributed by atoms with Gasteiger partial charge in [-0.3, -0.25) is 10.1 Å². The molecule has 0 N–H and O–H groups in total. The minimum Gasteiger partial charge on any atom is -0.479 e. The van der Waals surface area contributed by atoms with Crippen LogP contribution in [0.1, 0.15) is 21.0 Å². The Labute approximate surface area is 189 Å². The fraction of sp³-hybridized carbons (Fsp3) is 0.143. The summed E-state index contributed by atoms with van der Waals surface area (Å²) in [7, 11) is 1.33. The van der Waals surface area contributed by atoms with Gasteiger partial charge in [0.25, 0.3) is 0 Å². The Balaban J connectivity index is 1.45. The summed E-state index contributed by atoms with van der Waals surface area (Å²) in [6.45, 7) is 1.81. The van der Waals surface area contributed by atoms with Crippen molar-refractivity contribution in [3.05, 3.63) is 69.0 Å². The number of aryl methyl sites for hydroxylation is 1. The molecule has 0 spiro atoms. The number of hydrogen-bond acceptors (Lipinski definition) is 10. The lowest BCUT2D eigenvalue weighted by molar-refractivity contribution is -0.386. The van der Waals surface area contributed by atoms with Gasteiger partial charge in [-0.25, -0.2) is 19.3 Å². The van der Waals surface area contributed by atoms with E-state index in [0.717, 1.165) is 5.56 Å². The van der Waals surface area contributed by atoms with Crippen LogP contribution < -0.4 is 4.74 Å². The van der Waals surface area contributed by atoms with E-state index in [0.29, 0.717) is 38.1 Å². The van der Waals surface area contributed by atoms with Crippen LogP contribution in [-0.2, 0) is 11.3 Å². The molecule has 4 aromatic heterocycles. The topological polar surface area (TPSA) is 135 Å². The van der Waals surface area contributed by atoms with Gasteiger partial charge in [0.2, 0.25) is 5.82 Å². The predicted molar refractivity (Wildman–Crippen MR) is 117 cm³/mol. The van der Waals surface area contributed by atoms with Crippen LogP contribution in [0, 0.1) is 17.0 Å². The molecule has 0 atom stereocenters. The Bertz CT molecular complexity index is 1540. The second-order valence-corrected chi connectivity index (χ2v) is 7.95. The molecule has 12 heteroatoms. The zero-order valence-corrected chi connectivity index (χ0v) is 18.2. The first-order valence-electron chi connectivity index (χ1n) is 9.64. The van der Waals surface area contributed by atoms with Crippen molar-refractivity contribution >= 4 is 38.9 Å². The first-order valence-corrected chi connectivity index (χ1v) is 10.5. The molecule has 0 bridgehead atoms. The van der Waals surface area contributed by atoms with E-state index in [4.69, 9.17) is 13.9 Å². The normalized spacial score (nSPS) is 11.2. The first kappa shape index (κ1) is 20.6. The summed E-state index contributed by atoms with van der Waals surface area (Å²) in [5.74, 6) is 0.891. The lowest BCUT2D eigenvalue weighted by atomic mass is 10.2. The van der Waals surface area contributed by atoms with Crippen LogP contribution in [0.2, 0.25) is 0 Å². The number of nitro benzene ring substituents is 1. The summed E-state index contributed by atoms with van der Waals surface area (Å²) in [5.41, 5.74) is 1.13. The molecule has 0 aliphatic rings. The SMILES string of the molecule is COC(=O)c1sc2ncn3nc(-c4ccc(COc5ccccc5[N+](=O)[O-])o4)nc3c2c1C. The van der Waals surface area contributed by atoms with Gasteiger partial charge in [0.1, 0.15) is 28.4 Å². The van der Waals surface area contributed by atoms with Crippen LogP contribution >= 0.6 is 11.3 Å². The smallest absolute Gasteiger partial charge is 0.348 e. The average molecular weight is 465 g/mol. The van der Waals surface area contributed by atoms with Crippen LogP contribution in [0.3, 0.4) is 0 Å². The van der Waals surface area contributed by atoms with Gasteiger partial charge in [-0.1, -0.05) is 12.1 Å². The zero-order valence-electron chi connectivity index (χ0n) is 17.3. The van der Waals surface area contributed by atoms with Gasteiger partial charge in [0.15, 0.2) is 17.2 Å². The van der Waals surface area contributed by atoms with Crippen LogP contribution in [0.4, 0.5) is 5.69 Å². The summed E-state index contributed by atoms with van der Waals surface area (Å²) in [6, 6.07) is 9.50. The third-order valence-electron chi connectivity index (χ3n) is 4.95. The monoisotopic (exact) mass is 465 g/mol. The molecule has 166 valence electrons. The van der Waals surface area contributed by atoms with Gasteiger partial charge in [-0.2, -0.15) is 0 Å². The highest BCUT2D eigenvalue weighted by molar-refractivity contribution is 7.20. The molecule has 5 rings (SSSR count). The number of para-hydroxylation sites is 2. The molecule has 0 saturated heterocycles. The minimum atomic E-state index is -0.504. The van der Waals surface area contributed by atoms with Gasteiger partial charge in [0, 0.05) is 6.07 Å². The molecule has 0 radical (unpaired) electrons. The van der Waals surface area contributed by atoms with E-state index in [1.165, 1.54) is 41.4 Å². The number of carbonyl (C=O) groups excluding carboxylic acids is 1. The number of aromatic nitrogens is 4. The number of esters is 1. The molecule has 11 nitrogen and oxygen atoms in total. The van der Waals surface area contributed by atoms with E-state index in [1.54, 1.807) is 24.3 Å². The van der Waals surface area contributed by atoms with Gasteiger partial charge in [-0.05, 0) is 30.7 Å². The van der Waals surface area contributed by atoms with E-state index >= 15 is 0 Å². The molecular weight excluding hydrogens is 450 g/mol. The number of ether oxygens (including phenoxy) is 2. The van der Waals surface area contributed by atoms with Crippen molar-refractivity contribution in [2.75, 3.05) is 7.11 Å². The molecule has 0 fully saturated rings. The Morgan fingerprint density at radius 2 is 2.09 bits per heavy atom. The van der Waals surface area contributed by atoms with Crippen molar-refractivity contribution in [3.63, 3.8) is 0 Å². The predicted octanol–water partition coefficient (Wildman–Crippen LogP) is 4.18. The molecule has 5 aromatic rings. The highest BCUT2D eigenvalue weighted by Crippen LogP contribution is 2.33. The third-order valence-corrected chi connectivity index (χ3v) is 6.13. The van der Waals surface area contributed by atoms with Crippen molar-refractivity contribution in [3.8, 4) is 17.3 Å². The maximum atomic E-state index is 12.0. The average Bonchev–Trinajstić information content (AvgIpc) is 3.54. The Morgan fingerprint density at radius 3 is 2.88 bits per heavy atom. The highest BCUT2D eigenvalue weighted by Gasteiger charge is 2.22. The van der Waals surface area contributed by atoms with E-state index in [9.17, 15) is 14.9 Å². The third kappa shape index (κ3) is 3.55. The summed E-state index contributed by atoms with van der Waals surface area (Å²) in [5, 5.41) is 16.3. The number of thiophene rings is 1. The number of nitrogens with zero attached hydrogens (tertiary/aromatic N) is 5. The maximum absolute atomic E-state index is 12.0. The van der Waals surface area contributed by atoms with Crippen molar-refractivity contribution in [1.29, 1.82) is 0 Å². The Hall–Kier alpha value is -4.32. The molecule has 0 unspecified atom stereocenters.